The summed E-state index contributed by atoms with van der Waals surface area (Å²) in [5, 5.41) is 5.06. The van der Waals surface area contributed by atoms with E-state index in [1.54, 1.807) is 32.9 Å². The lowest BCUT2D eigenvalue weighted by Gasteiger charge is -2.35. The quantitative estimate of drug-likeness (QED) is 0.332. The molecular formula is C38H43F2N5O9S. The summed E-state index contributed by atoms with van der Waals surface area (Å²) in [6.45, 7) is 5.15. The number of sulfonamides is 1. The van der Waals surface area contributed by atoms with E-state index in [2.05, 4.69) is 10.6 Å². The van der Waals surface area contributed by atoms with E-state index in [9.17, 15) is 36.4 Å². The Morgan fingerprint density at radius 1 is 1.04 bits per heavy atom. The van der Waals surface area contributed by atoms with Crippen LogP contribution in [-0.4, -0.2) is 97.3 Å². The van der Waals surface area contributed by atoms with Crippen molar-refractivity contribution >= 4 is 44.7 Å². The number of cyclic esters (lactones) is 1. The maximum Gasteiger partial charge on any atom is 0.407 e. The zero-order chi connectivity index (χ0) is 39.3. The minimum atomic E-state index is -4.14. The van der Waals surface area contributed by atoms with E-state index in [-0.39, 0.29) is 32.1 Å². The van der Waals surface area contributed by atoms with Crippen molar-refractivity contribution in [2.24, 2.45) is 11.3 Å². The van der Waals surface area contributed by atoms with Crippen molar-refractivity contribution in [3.63, 3.8) is 0 Å². The molecule has 2 aliphatic carbocycles. The van der Waals surface area contributed by atoms with Crippen LogP contribution in [0.3, 0.4) is 0 Å². The molecule has 4 amide bonds. The first-order chi connectivity index (χ1) is 26.1. The normalized spacial score (nSPS) is 26.0. The lowest BCUT2D eigenvalue weighted by molar-refractivity contribution is -0.143. The van der Waals surface area contributed by atoms with Crippen molar-refractivity contribution in [3.8, 4) is 22.8 Å². The zero-order valence-corrected chi connectivity index (χ0v) is 31.4. The predicted molar refractivity (Wildman–Crippen MR) is 195 cm³/mol. The SMILES string of the molecule is CC(C)(C)[C@@H]1NC(=O)OCCCOc2cccc(c2)-c2cc3ccccc3nc2OC2C[C@@H](C(=O)NC3(C(=O)NS(=O)(=O)C4CC4)C[C@H]3C(F)F)N(C2)C1=O. The maximum atomic E-state index is 14.5. The van der Waals surface area contributed by atoms with Gasteiger partial charge in [-0.1, -0.05) is 51.1 Å². The molecule has 3 fully saturated rings. The summed E-state index contributed by atoms with van der Waals surface area (Å²) in [6.07, 6.45) is -4.49. The lowest BCUT2D eigenvalue weighted by atomic mass is 9.85. The number of alkyl carbamates (subject to hydrolysis) is 1. The standard InChI is InChI=1S/C38H43F2N5O9S/c1-37(2,3)30-34(47)45-20-24(18-29(45)32(46)43-38(19-27(38)31(39)40)35(48)44-55(50,51)25-12-13-25)54-33-26(17-22-8-4-5-11-28(22)41-33)21-9-6-10-23(16-21)52-14-7-15-53-36(49)42-30/h4-6,8-11,16-17,24-25,27,29-31H,7,12-15,18-20H2,1-3H3,(H,42,49)(H,43,46)(H,44,48)/t24?,27-,29-,30+,38?/m0/s1. The van der Waals surface area contributed by atoms with E-state index in [0.717, 1.165) is 5.39 Å². The third-order valence-corrected chi connectivity index (χ3v) is 12.2. The van der Waals surface area contributed by atoms with Gasteiger partial charge in [-0.3, -0.25) is 19.1 Å². The molecule has 3 N–H and O–H groups in total. The molecule has 2 aliphatic heterocycles. The van der Waals surface area contributed by atoms with Gasteiger partial charge in [-0.25, -0.2) is 27.0 Å². The summed E-state index contributed by atoms with van der Waals surface area (Å²) in [7, 11) is -4.14. The fourth-order valence-electron chi connectivity index (χ4n) is 7.11. The third-order valence-electron chi connectivity index (χ3n) is 10.4. The molecule has 1 saturated heterocycles. The fraction of sp³-hybridized carbons (Fsp3) is 0.500. The van der Waals surface area contributed by atoms with Crippen LogP contribution < -0.4 is 24.8 Å². The van der Waals surface area contributed by atoms with Crippen LogP contribution in [-0.2, 0) is 29.1 Å². The fourth-order valence-corrected chi connectivity index (χ4v) is 8.47. The Hall–Kier alpha value is -5.06. The van der Waals surface area contributed by atoms with Crippen molar-refractivity contribution < 1.29 is 50.6 Å². The molecule has 17 heteroatoms. The summed E-state index contributed by atoms with van der Waals surface area (Å²) < 4.78 is 73.4. The number of alkyl halides is 2. The molecule has 4 bridgehead atoms. The van der Waals surface area contributed by atoms with Crippen LogP contribution in [0, 0.1) is 11.3 Å². The number of carbonyl (C=O) groups is 4. The number of rotatable bonds is 6. The van der Waals surface area contributed by atoms with Crippen molar-refractivity contribution in [2.45, 2.75) is 88.3 Å². The van der Waals surface area contributed by atoms with Crippen molar-refractivity contribution in [1.82, 2.24) is 25.2 Å². The largest absolute Gasteiger partial charge is 0.493 e. The number of benzene rings is 2. The van der Waals surface area contributed by atoms with Gasteiger partial charge >= 0.3 is 6.09 Å². The minimum Gasteiger partial charge on any atom is -0.493 e. The highest BCUT2D eigenvalue weighted by Gasteiger charge is 2.67. The lowest BCUT2D eigenvalue weighted by Crippen LogP contribution is -2.60. The van der Waals surface area contributed by atoms with Crippen LogP contribution in [0.2, 0.25) is 0 Å². The van der Waals surface area contributed by atoms with Gasteiger partial charge in [0.1, 0.15) is 29.5 Å². The third kappa shape index (κ3) is 8.02. The molecule has 55 heavy (non-hydrogen) atoms. The first kappa shape index (κ1) is 38.2. The van der Waals surface area contributed by atoms with Crippen LogP contribution in [0.4, 0.5) is 13.6 Å². The second-order valence-corrected chi connectivity index (χ2v) is 17.6. The number of amides is 4. The van der Waals surface area contributed by atoms with Gasteiger partial charge in [0.25, 0.3) is 5.91 Å². The first-order valence-corrected chi connectivity index (χ1v) is 19.8. The molecule has 2 aromatic carbocycles. The van der Waals surface area contributed by atoms with Gasteiger partial charge in [-0.05, 0) is 54.5 Å². The summed E-state index contributed by atoms with van der Waals surface area (Å²) >= 11 is 0. The van der Waals surface area contributed by atoms with E-state index in [4.69, 9.17) is 19.2 Å². The number of para-hydroxylation sites is 1. The molecule has 1 aromatic heterocycles. The molecule has 3 aromatic rings. The highest BCUT2D eigenvalue weighted by molar-refractivity contribution is 7.91. The number of ether oxygens (including phenoxy) is 3. The Bertz CT molecular complexity index is 2130. The van der Waals surface area contributed by atoms with Gasteiger partial charge < -0.3 is 29.7 Å². The minimum absolute atomic E-state index is 0.0219. The molecule has 2 unspecified atom stereocenters. The molecule has 14 nitrogen and oxygen atoms in total. The van der Waals surface area contributed by atoms with Crippen LogP contribution >= 0.6 is 0 Å². The smallest absolute Gasteiger partial charge is 0.407 e. The molecule has 0 spiro atoms. The average Bonchev–Trinajstić information content (AvgIpc) is 4.06. The van der Waals surface area contributed by atoms with Crippen molar-refractivity contribution in [3.05, 3.63) is 54.6 Å². The molecule has 294 valence electrons. The highest BCUT2D eigenvalue weighted by Crippen LogP contribution is 2.48. The number of nitrogens with one attached hydrogen (secondary N) is 3. The molecule has 4 aliphatic rings. The maximum absolute atomic E-state index is 14.5. The molecule has 0 radical (unpaired) electrons. The number of aromatic nitrogens is 1. The Balaban J connectivity index is 1.26. The Morgan fingerprint density at radius 2 is 1.78 bits per heavy atom. The van der Waals surface area contributed by atoms with E-state index in [1.165, 1.54) is 4.90 Å². The number of nitrogens with zero attached hydrogens (tertiary/aromatic N) is 2. The average molecular weight is 784 g/mol. The monoisotopic (exact) mass is 783 g/mol. The van der Waals surface area contributed by atoms with Crippen LogP contribution in [0.1, 0.15) is 52.9 Å². The van der Waals surface area contributed by atoms with E-state index in [1.807, 2.05) is 47.2 Å². The molecule has 2 saturated carbocycles. The second-order valence-electron chi connectivity index (χ2n) is 15.6. The van der Waals surface area contributed by atoms with Gasteiger partial charge in [0.05, 0.1) is 36.4 Å². The number of pyridine rings is 1. The van der Waals surface area contributed by atoms with Gasteiger partial charge in [-0.2, -0.15) is 0 Å². The summed E-state index contributed by atoms with van der Waals surface area (Å²) in [4.78, 5) is 61.2. The van der Waals surface area contributed by atoms with Gasteiger partial charge in [0.15, 0.2) is 0 Å². The Labute approximate surface area is 316 Å². The number of hydrogen-bond acceptors (Lipinski definition) is 10. The number of halogens is 2. The van der Waals surface area contributed by atoms with Crippen LogP contribution in [0.5, 0.6) is 11.6 Å². The summed E-state index contributed by atoms with van der Waals surface area (Å²) in [5.41, 5.74) is -1.21. The number of carbonyl (C=O) groups excluding carboxylic acids is 4. The molecule has 3 heterocycles. The molecular weight excluding hydrogens is 741 g/mol. The summed E-state index contributed by atoms with van der Waals surface area (Å²) in [5.74, 6) is -3.81. The second kappa shape index (κ2) is 14.5. The van der Waals surface area contributed by atoms with E-state index >= 15 is 0 Å². The summed E-state index contributed by atoms with van der Waals surface area (Å²) in [6, 6.07) is 14.0. The molecule has 5 atom stereocenters. The van der Waals surface area contributed by atoms with Gasteiger partial charge in [0.2, 0.25) is 34.1 Å². The van der Waals surface area contributed by atoms with Crippen molar-refractivity contribution in [2.75, 3.05) is 19.8 Å². The Kier molecular flexibility index (Phi) is 10.1. The van der Waals surface area contributed by atoms with Crippen molar-refractivity contribution in [1.29, 1.82) is 0 Å². The highest BCUT2D eigenvalue weighted by atomic mass is 32.2. The predicted octanol–water partition coefficient (Wildman–Crippen LogP) is 3.92. The van der Waals surface area contributed by atoms with Crippen LogP contribution in [0.25, 0.3) is 22.0 Å². The topological polar surface area (TPSA) is 182 Å². The number of hydrogen-bond donors (Lipinski definition) is 3. The number of fused-ring (bicyclic) bond motifs is 7. The first-order valence-electron chi connectivity index (χ1n) is 18.3. The van der Waals surface area contributed by atoms with E-state index < -0.39 is 87.0 Å². The van der Waals surface area contributed by atoms with Crippen LogP contribution in [0.15, 0.2) is 54.6 Å². The Morgan fingerprint density at radius 3 is 2.49 bits per heavy atom. The van der Waals surface area contributed by atoms with Gasteiger partial charge in [-0.15, -0.1) is 0 Å². The van der Waals surface area contributed by atoms with E-state index in [0.29, 0.717) is 41.7 Å². The molecule has 7 rings (SSSR count). The zero-order valence-electron chi connectivity index (χ0n) is 30.5. The van der Waals surface area contributed by atoms with Gasteiger partial charge in [0, 0.05) is 23.8 Å².